The molecule has 0 unspecified atom stereocenters. The highest BCUT2D eigenvalue weighted by molar-refractivity contribution is 5.86. The van der Waals surface area contributed by atoms with E-state index in [2.05, 4.69) is 17.2 Å². The van der Waals surface area contributed by atoms with E-state index < -0.39 is 18.2 Å². The second-order valence-corrected chi connectivity index (χ2v) is 6.03. The second-order valence-electron chi connectivity index (χ2n) is 6.03. The van der Waals surface area contributed by atoms with Gasteiger partial charge in [-0.25, -0.2) is 9.59 Å². The highest BCUT2D eigenvalue weighted by Gasteiger charge is 2.39. The topological polar surface area (TPSA) is 108 Å². The molecule has 1 aromatic rings. The van der Waals surface area contributed by atoms with E-state index in [4.69, 9.17) is 4.74 Å². The van der Waals surface area contributed by atoms with Crippen LogP contribution in [0.5, 0.6) is 0 Å². The van der Waals surface area contributed by atoms with E-state index in [1.54, 1.807) is 0 Å². The molecular weight excluding hydrogens is 338 g/mol. The van der Waals surface area contributed by atoms with E-state index in [0.29, 0.717) is 6.42 Å². The van der Waals surface area contributed by atoms with E-state index in [9.17, 15) is 19.5 Å². The van der Waals surface area contributed by atoms with Crippen LogP contribution in [0.3, 0.4) is 0 Å². The van der Waals surface area contributed by atoms with Crippen LogP contribution < -0.4 is 10.6 Å². The lowest BCUT2D eigenvalue weighted by molar-refractivity contribution is -0.124. The van der Waals surface area contributed by atoms with Gasteiger partial charge < -0.3 is 20.5 Å². The Morgan fingerprint density at radius 3 is 2.65 bits per heavy atom. The van der Waals surface area contributed by atoms with Gasteiger partial charge in [0.2, 0.25) is 5.91 Å². The molecule has 0 saturated carbocycles. The molecule has 1 heterocycles. The molecule has 140 valence electrons. The molecule has 8 heteroatoms. The Hall–Kier alpha value is -3.03. The van der Waals surface area contributed by atoms with Crippen LogP contribution in [0.4, 0.5) is 9.59 Å². The number of hydrogen-bond donors (Lipinski definition) is 3. The third-order valence-corrected chi connectivity index (χ3v) is 4.10. The zero-order chi connectivity index (χ0) is 18.9. The summed E-state index contributed by atoms with van der Waals surface area (Å²) in [5, 5.41) is 14.5. The molecule has 0 spiro atoms. The van der Waals surface area contributed by atoms with Crippen LogP contribution in [0.2, 0.25) is 0 Å². The molecule has 1 aromatic carbocycles. The number of ether oxygens (including phenoxy) is 1. The van der Waals surface area contributed by atoms with Crippen LogP contribution >= 0.6 is 0 Å². The van der Waals surface area contributed by atoms with Crippen molar-refractivity contribution < 1.29 is 24.2 Å². The molecule has 0 radical (unpaired) electrons. The summed E-state index contributed by atoms with van der Waals surface area (Å²) in [5.41, 5.74) is 0.875. The molecular formula is C18H23N3O5. The van der Waals surface area contributed by atoms with Gasteiger partial charge in [-0.2, -0.15) is 0 Å². The molecule has 2 rings (SSSR count). The van der Waals surface area contributed by atoms with Gasteiger partial charge in [-0.3, -0.25) is 9.69 Å². The van der Waals surface area contributed by atoms with Gasteiger partial charge in [0.15, 0.2) is 0 Å². The first-order chi connectivity index (χ1) is 12.5. The minimum Gasteiger partial charge on any atom is -0.465 e. The fourth-order valence-electron chi connectivity index (χ4n) is 2.82. The number of carboxylic acid groups (broad SMARTS) is 1. The Bertz CT molecular complexity index is 649. The van der Waals surface area contributed by atoms with Crippen molar-refractivity contribution in [3.63, 3.8) is 0 Å². The van der Waals surface area contributed by atoms with Gasteiger partial charge in [-0.1, -0.05) is 36.4 Å². The fourth-order valence-corrected chi connectivity index (χ4v) is 2.82. The van der Waals surface area contributed by atoms with Crippen molar-refractivity contribution >= 4 is 18.1 Å². The van der Waals surface area contributed by atoms with Crippen LogP contribution in [0.1, 0.15) is 12.0 Å². The summed E-state index contributed by atoms with van der Waals surface area (Å²) >= 11 is 0. The number of benzene rings is 1. The third kappa shape index (κ3) is 5.51. The Morgan fingerprint density at radius 2 is 2.00 bits per heavy atom. The lowest BCUT2D eigenvalue weighted by Crippen LogP contribution is -2.45. The Balaban J connectivity index is 1.80. The second kappa shape index (κ2) is 9.45. The lowest BCUT2D eigenvalue weighted by Gasteiger charge is -2.20. The van der Waals surface area contributed by atoms with Crippen LogP contribution in [0.15, 0.2) is 43.0 Å². The van der Waals surface area contributed by atoms with Gasteiger partial charge in [-0.05, 0) is 17.9 Å². The van der Waals surface area contributed by atoms with E-state index in [1.165, 1.54) is 6.08 Å². The number of carbonyl (C=O) groups excluding carboxylic acids is 2. The predicted octanol–water partition coefficient (Wildman–Crippen LogP) is 1.58. The molecule has 1 aliphatic rings. The Morgan fingerprint density at radius 1 is 1.27 bits per heavy atom. The van der Waals surface area contributed by atoms with Crippen molar-refractivity contribution in [3.8, 4) is 0 Å². The highest BCUT2D eigenvalue weighted by Crippen LogP contribution is 2.23. The van der Waals surface area contributed by atoms with Gasteiger partial charge in [-0.15, -0.1) is 6.58 Å². The molecule has 0 aliphatic carbocycles. The van der Waals surface area contributed by atoms with Crippen molar-refractivity contribution in [1.29, 1.82) is 0 Å². The zero-order valence-corrected chi connectivity index (χ0v) is 14.4. The van der Waals surface area contributed by atoms with Crippen LogP contribution in [-0.4, -0.2) is 53.8 Å². The number of alkyl carbamates (subject to hydrolysis) is 1. The number of likely N-dealkylation sites (tertiary alicyclic amines) is 1. The third-order valence-electron chi connectivity index (χ3n) is 4.10. The summed E-state index contributed by atoms with van der Waals surface area (Å²) in [5.74, 6) is -0.517. The normalized spacial score (nSPS) is 18.8. The molecule has 26 heavy (non-hydrogen) atoms. The quantitative estimate of drug-likeness (QED) is 0.639. The number of rotatable bonds is 7. The Kier molecular flexibility index (Phi) is 7.02. The van der Waals surface area contributed by atoms with E-state index >= 15 is 0 Å². The minimum atomic E-state index is -1.15. The molecule has 1 fully saturated rings. The first-order valence-electron chi connectivity index (χ1n) is 8.34. The van der Waals surface area contributed by atoms with Crippen LogP contribution in [-0.2, 0) is 16.1 Å². The van der Waals surface area contributed by atoms with E-state index in [1.807, 2.05) is 30.3 Å². The number of nitrogens with zero attached hydrogens (tertiary/aromatic N) is 1. The maximum atomic E-state index is 12.1. The average molecular weight is 361 g/mol. The molecule has 2 atom stereocenters. The van der Waals surface area contributed by atoms with Crippen molar-refractivity contribution in [3.05, 3.63) is 48.6 Å². The van der Waals surface area contributed by atoms with E-state index in [0.717, 1.165) is 10.5 Å². The zero-order valence-electron chi connectivity index (χ0n) is 14.4. The first-order valence-corrected chi connectivity index (χ1v) is 8.34. The standard InChI is InChI=1S/C18H23N3O5/c1-2-8-19-16(22)15-9-14(11-21(15)18(24)25)10-20-17(23)26-12-13-6-4-3-5-7-13/h2-7,14-15H,1,8-12H2,(H,19,22)(H,20,23)(H,24,25)/t14-,15-/m0/s1. The van der Waals surface area contributed by atoms with Crippen molar-refractivity contribution in [2.24, 2.45) is 5.92 Å². The van der Waals surface area contributed by atoms with Crippen molar-refractivity contribution in [2.45, 2.75) is 19.1 Å². The molecule has 1 saturated heterocycles. The smallest absolute Gasteiger partial charge is 0.407 e. The first kappa shape index (κ1) is 19.3. The number of carbonyl (C=O) groups is 3. The lowest BCUT2D eigenvalue weighted by atomic mass is 10.1. The molecule has 0 bridgehead atoms. The molecule has 8 nitrogen and oxygen atoms in total. The summed E-state index contributed by atoms with van der Waals surface area (Å²) < 4.78 is 5.12. The highest BCUT2D eigenvalue weighted by atomic mass is 16.5. The monoisotopic (exact) mass is 361 g/mol. The summed E-state index contributed by atoms with van der Waals surface area (Å²) in [4.78, 5) is 36.3. The summed E-state index contributed by atoms with van der Waals surface area (Å²) in [6, 6.07) is 8.52. The SMILES string of the molecule is C=CCNC(=O)[C@@H]1C[C@@H](CNC(=O)OCc2ccccc2)CN1C(=O)O. The number of nitrogens with one attached hydrogen (secondary N) is 2. The maximum Gasteiger partial charge on any atom is 0.407 e. The summed E-state index contributed by atoms with van der Waals surface area (Å²) in [6.45, 7) is 4.36. The van der Waals surface area contributed by atoms with Gasteiger partial charge in [0, 0.05) is 19.6 Å². The fraction of sp³-hybridized carbons (Fsp3) is 0.389. The predicted molar refractivity (Wildman–Crippen MR) is 94.5 cm³/mol. The van der Waals surface area contributed by atoms with E-state index in [-0.39, 0.29) is 38.1 Å². The number of amides is 3. The molecule has 3 amide bonds. The number of hydrogen-bond acceptors (Lipinski definition) is 4. The largest absolute Gasteiger partial charge is 0.465 e. The minimum absolute atomic E-state index is 0.158. The van der Waals surface area contributed by atoms with Gasteiger partial charge in [0.1, 0.15) is 12.6 Å². The van der Waals surface area contributed by atoms with Crippen LogP contribution in [0, 0.1) is 5.92 Å². The summed E-state index contributed by atoms with van der Waals surface area (Å²) in [6.07, 6.45) is 0.141. The van der Waals surface area contributed by atoms with Gasteiger partial charge in [0.05, 0.1) is 0 Å². The molecule has 1 aliphatic heterocycles. The molecule has 0 aromatic heterocycles. The van der Waals surface area contributed by atoms with Gasteiger partial charge >= 0.3 is 12.2 Å². The maximum absolute atomic E-state index is 12.1. The van der Waals surface area contributed by atoms with Crippen molar-refractivity contribution in [2.75, 3.05) is 19.6 Å². The summed E-state index contributed by atoms with van der Waals surface area (Å²) in [7, 11) is 0. The van der Waals surface area contributed by atoms with Crippen molar-refractivity contribution in [1.82, 2.24) is 15.5 Å². The van der Waals surface area contributed by atoms with Gasteiger partial charge in [0.25, 0.3) is 0 Å². The van der Waals surface area contributed by atoms with Crippen LogP contribution in [0.25, 0.3) is 0 Å². The Labute approximate surface area is 151 Å². The average Bonchev–Trinajstić information content (AvgIpc) is 3.08. The molecule has 3 N–H and O–H groups in total.